The maximum absolute atomic E-state index is 6.02. The number of aromatic nitrogens is 5. The molecule has 0 aliphatic heterocycles. The van der Waals surface area contributed by atoms with E-state index in [2.05, 4.69) is 20.3 Å². The Kier molecular flexibility index (Phi) is 3.65. The van der Waals surface area contributed by atoms with Crippen molar-refractivity contribution in [2.45, 2.75) is 31.2 Å². The van der Waals surface area contributed by atoms with Crippen LogP contribution in [-0.2, 0) is 12.2 Å². The summed E-state index contributed by atoms with van der Waals surface area (Å²) in [5, 5.41) is 12.6. The maximum Gasteiger partial charge on any atom is 0.237 e. The molecule has 0 saturated heterocycles. The van der Waals surface area contributed by atoms with Gasteiger partial charge in [-0.1, -0.05) is 23.8 Å². The van der Waals surface area contributed by atoms with E-state index in [9.17, 15) is 0 Å². The van der Waals surface area contributed by atoms with Crippen LogP contribution in [-0.4, -0.2) is 25.0 Å². The monoisotopic (exact) mass is 306 g/mol. The molecular weight excluding hydrogens is 292 g/mol. The summed E-state index contributed by atoms with van der Waals surface area (Å²) in [5.74, 6) is 9.05. The molecule has 3 heterocycles. The van der Waals surface area contributed by atoms with Gasteiger partial charge in [-0.15, -0.1) is 10.2 Å². The largest absolute Gasteiger partial charge is 0.469 e. The van der Waals surface area contributed by atoms with Crippen LogP contribution in [0.25, 0.3) is 11.4 Å². The number of furan rings is 1. The third kappa shape index (κ3) is 2.64. The van der Waals surface area contributed by atoms with Crippen molar-refractivity contribution in [1.82, 2.24) is 25.0 Å². The maximum atomic E-state index is 6.02. The molecule has 0 fully saturated rings. The number of thioether (sulfide) groups is 1. The number of aryl methyl sites for hydroxylation is 2. The van der Waals surface area contributed by atoms with Gasteiger partial charge >= 0.3 is 0 Å². The molecule has 3 aromatic heterocycles. The van der Waals surface area contributed by atoms with Gasteiger partial charge in [-0.05, 0) is 13.0 Å². The van der Waals surface area contributed by atoms with Crippen LogP contribution in [0.4, 0.5) is 0 Å². The molecule has 9 heteroatoms. The van der Waals surface area contributed by atoms with Crippen LogP contribution in [0.2, 0.25) is 0 Å². The molecule has 0 unspecified atom stereocenters. The van der Waals surface area contributed by atoms with E-state index in [1.807, 2.05) is 19.9 Å². The van der Waals surface area contributed by atoms with E-state index < -0.39 is 0 Å². The standard InChI is InChI=1S/C12H14N6O2S/c1-3-9-14-10(20-17-9)6-21-12-16-15-11(18(12)13)8-4-5-19-7(8)2/h4-5H,3,6,13H2,1-2H3. The highest BCUT2D eigenvalue weighted by molar-refractivity contribution is 7.98. The molecule has 0 aliphatic rings. The third-order valence-electron chi connectivity index (χ3n) is 2.92. The lowest BCUT2D eigenvalue weighted by molar-refractivity contribution is 0.385. The van der Waals surface area contributed by atoms with E-state index in [1.54, 1.807) is 6.26 Å². The van der Waals surface area contributed by atoms with Gasteiger partial charge in [-0.25, -0.2) is 4.68 Å². The first-order chi connectivity index (χ1) is 10.2. The second-order valence-electron chi connectivity index (χ2n) is 4.31. The smallest absolute Gasteiger partial charge is 0.237 e. The van der Waals surface area contributed by atoms with Gasteiger partial charge in [0.15, 0.2) is 11.6 Å². The van der Waals surface area contributed by atoms with Crippen LogP contribution in [0.1, 0.15) is 24.4 Å². The predicted octanol–water partition coefficient (Wildman–Crippen LogP) is 1.80. The molecule has 0 spiro atoms. The van der Waals surface area contributed by atoms with Crippen molar-refractivity contribution in [1.29, 1.82) is 0 Å². The molecule has 21 heavy (non-hydrogen) atoms. The Balaban J connectivity index is 1.75. The van der Waals surface area contributed by atoms with E-state index in [1.165, 1.54) is 16.4 Å². The van der Waals surface area contributed by atoms with E-state index in [0.29, 0.717) is 28.4 Å². The fourth-order valence-corrected chi connectivity index (χ4v) is 2.49. The number of nitrogen functional groups attached to an aromatic ring is 1. The number of nitrogens with zero attached hydrogens (tertiary/aromatic N) is 5. The van der Waals surface area contributed by atoms with E-state index in [0.717, 1.165) is 17.7 Å². The Morgan fingerprint density at radius 1 is 1.38 bits per heavy atom. The zero-order valence-electron chi connectivity index (χ0n) is 11.6. The van der Waals surface area contributed by atoms with Gasteiger partial charge in [-0.2, -0.15) is 4.98 Å². The van der Waals surface area contributed by atoms with Crippen LogP contribution >= 0.6 is 11.8 Å². The van der Waals surface area contributed by atoms with Crippen LogP contribution in [0, 0.1) is 6.92 Å². The van der Waals surface area contributed by atoms with E-state index in [4.69, 9.17) is 14.8 Å². The molecular formula is C12H14N6O2S. The molecule has 0 aliphatic carbocycles. The highest BCUT2D eigenvalue weighted by Gasteiger charge is 2.16. The molecule has 3 rings (SSSR count). The molecule has 0 aromatic carbocycles. The highest BCUT2D eigenvalue weighted by Crippen LogP contribution is 2.26. The fraction of sp³-hybridized carbons (Fsp3) is 0.333. The van der Waals surface area contributed by atoms with E-state index in [-0.39, 0.29) is 0 Å². The fourth-order valence-electron chi connectivity index (χ4n) is 1.79. The van der Waals surface area contributed by atoms with E-state index >= 15 is 0 Å². The Morgan fingerprint density at radius 2 is 2.24 bits per heavy atom. The summed E-state index contributed by atoms with van der Waals surface area (Å²) in [6.07, 6.45) is 2.34. The summed E-state index contributed by atoms with van der Waals surface area (Å²) < 4.78 is 11.8. The number of hydrogen-bond donors (Lipinski definition) is 1. The average molecular weight is 306 g/mol. The van der Waals surface area contributed by atoms with Crippen LogP contribution in [0.3, 0.4) is 0 Å². The van der Waals surface area contributed by atoms with Gasteiger partial charge < -0.3 is 14.8 Å². The Morgan fingerprint density at radius 3 is 2.90 bits per heavy atom. The summed E-state index contributed by atoms with van der Waals surface area (Å²) in [7, 11) is 0. The van der Waals surface area contributed by atoms with Crippen molar-refractivity contribution in [2.24, 2.45) is 0 Å². The minimum absolute atomic E-state index is 0.493. The van der Waals surface area contributed by atoms with Gasteiger partial charge in [0, 0.05) is 6.42 Å². The van der Waals surface area contributed by atoms with Gasteiger partial charge in [0.05, 0.1) is 17.6 Å². The Labute approximate surface area is 124 Å². The topological polar surface area (TPSA) is 109 Å². The lowest BCUT2D eigenvalue weighted by Gasteiger charge is -2.01. The highest BCUT2D eigenvalue weighted by atomic mass is 32.2. The lowest BCUT2D eigenvalue weighted by Crippen LogP contribution is -2.11. The van der Waals surface area contributed by atoms with Gasteiger partial charge in [-0.3, -0.25) is 0 Å². The molecule has 2 N–H and O–H groups in total. The first-order valence-corrected chi connectivity index (χ1v) is 7.36. The van der Waals surface area contributed by atoms with Gasteiger partial charge in [0.2, 0.25) is 11.0 Å². The van der Waals surface area contributed by atoms with Crippen molar-refractivity contribution < 1.29 is 8.94 Å². The molecule has 0 atom stereocenters. The van der Waals surface area contributed by atoms with Gasteiger partial charge in [0.1, 0.15) is 5.76 Å². The molecule has 0 amide bonds. The third-order valence-corrected chi connectivity index (χ3v) is 3.84. The van der Waals surface area contributed by atoms with Crippen LogP contribution in [0.5, 0.6) is 0 Å². The minimum Gasteiger partial charge on any atom is -0.469 e. The first kappa shape index (κ1) is 13.7. The number of hydrogen-bond acceptors (Lipinski definition) is 8. The Hall–Kier alpha value is -2.29. The van der Waals surface area contributed by atoms with Crippen molar-refractivity contribution in [3.8, 4) is 11.4 Å². The zero-order chi connectivity index (χ0) is 14.8. The normalized spacial score (nSPS) is 11.1. The predicted molar refractivity (Wildman–Crippen MR) is 75.8 cm³/mol. The number of nitrogens with two attached hydrogens (primary N) is 1. The summed E-state index contributed by atoms with van der Waals surface area (Å²) in [6, 6.07) is 1.81. The Bertz CT molecular complexity index is 747. The molecule has 3 aromatic rings. The number of rotatable bonds is 5. The summed E-state index contributed by atoms with van der Waals surface area (Å²) >= 11 is 1.39. The quantitative estimate of drug-likeness (QED) is 0.561. The first-order valence-electron chi connectivity index (χ1n) is 6.38. The second-order valence-corrected chi connectivity index (χ2v) is 5.26. The van der Waals surface area contributed by atoms with Gasteiger partial charge in [0.25, 0.3) is 0 Å². The average Bonchev–Trinajstić information content (AvgIpc) is 3.17. The molecule has 0 bridgehead atoms. The molecule has 0 radical (unpaired) electrons. The van der Waals surface area contributed by atoms with Crippen molar-refractivity contribution in [3.05, 3.63) is 29.8 Å². The van der Waals surface area contributed by atoms with Crippen molar-refractivity contribution in [3.63, 3.8) is 0 Å². The minimum atomic E-state index is 0.493. The second kappa shape index (κ2) is 5.60. The zero-order valence-corrected chi connectivity index (χ0v) is 12.4. The van der Waals surface area contributed by atoms with Crippen LogP contribution in [0.15, 0.2) is 26.4 Å². The molecule has 110 valence electrons. The molecule has 0 saturated carbocycles. The lowest BCUT2D eigenvalue weighted by atomic mass is 10.2. The van der Waals surface area contributed by atoms with Crippen LogP contribution < -0.4 is 5.84 Å². The molecule has 8 nitrogen and oxygen atoms in total. The SMILES string of the molecule is CCc1noc(CSc2nnc(-c3ccoc3C)n2N)n1. The van der Waals surface area contributed by atoms with Crippen molar-refractivity contribution in [2.75, 3.05) is 5.84 Å². The summed E-state index contributed by atoms with van der Waals surface area (Å²) in [6.45, 7) is 3.82. The summed E-state index contributed by atoms with van der Waals surface area (Å²) in [5.41, 5.74) is 0.822. The van der Waals surface area contributed by atoms with Crippen molar-refractivity contribution >= 4 is 11.8 Å². The summed E-state index contributed by atoms with van der Waals surface area (Å²) in [4.78, 5) is 4.23.